The maximum absolute atomic E-state index is 6.70. The minimum Gasteiger partial charge on any atom is -0.456 e. The molecule has 16 rings (SSSR count). The number of nitrogens with zero attached hydrogens (tertiary/aromatic N) is 2. The summed E-state index contributed by atoms with van der Waals surface area (Å²) in [5.41, 5.74) is 26.9. The Morgan fingerprint density at radius 3 is 1.54 bits per heavy atom. The van der Waals surface area contributed by atoms with Crippen molar-refractivity contribution in [3.05, 3.63) is 301 Å². The molecule has 1 spiro atoms. The first kappa shape index (κ1) is 42.5. The number of anilines is 6. The van der Waals surface area contributed by atoms with Crippen LogP contribution in [0.5, 0.6) is 0 Å². The molecule has 0 saturated carbocycles. The molecule has 3 aliphatic rings. The largest absolute Gasteiger partial charge is 0.456 e. The maximum Gasteiger partial charge on any atom is 0.136 e. The van der Waals surface area contributed by atoms with E-state index in [0.717, 1.165) is 67.2 Å². The lowest BCUT2D eigenvalue weighted by Crippen LogP contribution is -2.29. The minimum absolute atomic E-state index is 0.746. The van der Waals surface area contributed by atoms with E-state index < -0.39 is 5.41 Å². The number of benzene rings is 12. The molecule has 1 aromatic heterocycles. The Kier molecular flexibility index (Phi) is 9.25. The zero-order chi connectivity index (χ0) is 49.9. The van der Waals surface area contributed by atoms with Crippen molar-refractivity contribution in [2.24, 2.45) is 0 Å². The van der Waals surface area contributed by atoms with Crippen LogP contribution in [0, 0.1) is 0 Å². The molecule has 0 fully saturated rings. The number of hydrogen-bond acceptors (Lipinski definition) is 3. The molecule has 13 aromatic rings. The summed E-state index contributed by atoms with van der Waals surface area (Å²) in [6, 6.07) is 103. The van der Waals surface area contributed by atoms with E-state index in [1.165, 1.54) is 77.9 Å². The molecule has 0 saturated heterocycles. The van der Waals surface area contributed by atoms with Gasteiger partial charge in [-0.15, -0.1) is 0 Å². The van der Waals surface area contributed by atoms with Gasteiger partial charge >= 0.3 is 0 Å². The Balaban J connectivity index is 1.04. The van der Waals surface area contributed by atoms with Crippen molar-refractivity contribution in [2.75, 3.05) is 9.80 Å². The third kappa shape index (κ3) is 6.05. The number of fused-ring (bicyclic) bond motifs is 20. The summed E-state index contributed by atoms with van der Waals surface area (Å²) in [5.74, 6) is 0. The fourth-order valence-electron chi connectivity index (χ4n) is 13.3. The molecule has 3 nitrogen and oxygen atoms in total. The van der Waals surface area contributed by atoms with E-state index in [-0.39, 0.29) is 0 Å². The average molecular weight is 967 g/mol. The van der Waals surface area contributed by atoms with Crippen molar-refractivity contribution in [3.8, 4) is 66.8 Å². The second kappa shape index (κ2) is 16.5. The summed E-state index contributed by atoms with van der Waals surface area (Å²) in [6.45, 7) is 0. The number of furan rings is 1. The molecule has 1 aliphatic heterocycles. The summed E-state index contributed by atoms with van der Waals surface area (Å²) in [7, 11) is 0. The van der Waals surface area contributed by atoms with Crippen LogP contribution in [0.4, 0.5) is 34.1 Å². The van der Waals surface area contributed by atoms with Crippen molar-refractivity contribution in [3.63, 3.8) is 0 Å². The molecular formula is C73H46N2O. The molecule has 12 aromatic carbocycles. The van der Waals surface area contributed by atoms with Crippen LogP contribution in [0.1, 0.15) is 22.3 Å². The lowest BCUT2D eigenvalue weighted by atomic mass is 9.65. The smallest absolute Gasteiger partial charge is 0.136 e. The molecule has 1 atom stereocenters. The highest BCUT2D eigenvalue weighted by Crippen LogP contribution is 2.64. The average Bonchev–Trinajstić information content (AvgIpc) is 4.04. The van der Waals surface area contributed by atoms with Crippen molar-refractivity contribution in [2.45, 2.75) is 5.41 Å². The fourth-order valence-corrected chi connectivity index (χ4v) is 13.3. The molecular weight excluding hydrogens is 921 g/mol. The second-order valence-corrected chi connectivity index (χ2v) is 20.3. The number of rotatable bonds is 5. The fraction of sp³-hybridized carbons (Fsp3) is 0.0137. The quantitative estimate of drug-likeness (QED) is 0.171. The highest BCUT2D eigenvalue weighted by molar-refractivity contribution is 6.10. The Bertz CT molecular complexity index is 4480. The first-order chi connectivity index (χ1) is 37.7. The lowest BCUT2D eigenvalue weighted by Gasteiger charge is -2.37. The molecule has 2 heterocycles. The van der Waals surface area contributed by atoms with Gasteiger partial charge in [-0.2, -0.15) is 0 Å². The van der Waals surface area contributed by atoms with Gasteiger partial charge in [0.25, 0.3) is 0 Å². The van der Waals surface area contributed by atoms with E-state index in [0.29, 0.717) is 0 Å². The third-order valence-electron chi connectivity index (χ3n) is 16.4. The van der Waals surface area contributed by atoms with Gasteiger partial charge < -0.3 is 14.2 Å². The Labute approximate surface area is 441 Å². The van der Waals surface area contributed by atoms with Gasteiger partial charge in [0.2, 0.25) is 0 Å². The predicted molar refractivity (Wildman–Crippen MR) is 315 cm³/mol. The molecule has 0 radical (unpaired) electrons. The zero-order valence-corrected chi connectivity index (χ0v) is 41.4. The summed E-state index contributed by atoms with van der Waals surface area (Å²) in [5, 5.41) is 2.23. The van der Waals surface area contributed by atoms with Gasteiger partial charge in [0.05, 0.1) is 22.5 Å². The minimum atomic E-state index is -0.746. The van der Waals surface area contributed by atoms with Crippen LogP contribution in [0.2, 0.25) is 0 Å². The van der Waals surface area contributed by atoms with E-state index in [9.17, 15) is 0 Å². The van der Waals surface area contributed by atoms with Gasteiger partial charge in [0.1, 0.15) is 11.2 Å². The van der Waals surface area contributed by atoms with Crippen LogP contribution < -0.4 is 9.80 Å². The Hall–Kier alpha value is -9.96. The predicted octanol–water partition coefficient (Wildman–Crippen LogP) is 19.9. The standard InChI is InChI=1S/C73H46N2O/c1-3-20-47(21-4-1)48-38-40-50(41-39-48)74(69-36-19-32-61-55-27-10-9-26-54(55)59-30-13-17-35-68(59)75(72(61)69)49-22-5-2-6-23-49)51-42-43-58-53-25-8-7-24-52(53)56-28-11-15-33-64(56)73(66(58)44-51)65-34-16-12-29-57(65)62-46-71-63(45-67(62)73)60-31-14-18-37-70(60)76-71/h1-46H. The van der Waals surface area contributed by atoms with Crippen molar-refractivity contribution in [1.29, 1.82) is 0 Å². The molecule has 0 amide bonds. The topological polar surface area (TPSA) is 19.6 Å². The van der Waals surface area contributed by atoms with E-state index in [2.05, 4.69) is 289 Å². The normalized spacial score (nSPS) is 14.3. The van der Waals surface area contributed by atoms with Crippen LogP contribution in [-0.4, -0.2) is 0 Å². The highest BCUT2D eigenvalue weighted by atomic mass is 16.3. The van der Waals surface area contributed by atoms with Crippen LogP contribution in [0.25, 0.3) is 88.7 Å². The van der Waals surface area contributed by atoms with E-state index in [1.54, 1.807) is 0 Å². The summed E-state index contributed by atoms with van der Waals surface area (Å²) >= 11 is 0. The third-order valence-corrected chi connectivity index (χ3v) is 16.4. The van der Waals surface area contributed by atoms with E-state index >= 15 is 0 Å². The monoisotopic (exact) mass is 966 g/mol. The van der Waals surface area contributed by atoms with Gasteiger partial charge in [0, 0.05) is 39.0 Å². The van der Waals surface area contributed by atoms with Crippen molar-refractivity contribution in [1.82, 2.24) is 0 Å². The molecule has 76 heavy (non-hydrogen) atoms. The van der Waals surface area contributed by atoms with Gasteiger partial charge in [-0.25, -0.2) is 0 Å². The molecule has 0 N–H and O–H groups in total. The zero-order valence-electron chi connectivity index (χ0n) is 41.4. The lowest BCUT2D eigenvalue weighted by molar-refractivity contribution is 0.668. The summed E-state index contributed by atoms with van der Waals surface area (Å²) < 4.78 is 6.70. The van der Waals surface area contributed by atoms with Crippen molar-refractivity contribution < 1.29 is 4.42 Å². The summed E-state index contributed by atoms with van der Waals surface area (Å²) in [4.78, 5) is 5.01. The number of para-hydroxylation sites is 4. The molecule has 354 valence electrons. The van der Waals surface area contributed by atoms with Crippen LogP contribution in [-0.2, 0) is 5.41 Å². The van der Waals surface area contributed by atoms with Gasteiger partial charge in [-0.1, -0.05) is 212 Å². The molecule has 2 aliphatic carbocycles. The first-order valence-electron chi connectivity index (χ1n) is 26.2. The van der Waals surface area contributed by atoms with Crippen LogP contribution in [0.3, 0.4) is 0 Å². The highest BCUT2D eigenvalue weighted by Gasteiger charge is 2.50. The van der Waals surface area contributed by atoms with Gasteiger partial charge in [-0.05, 0) is 145 Å². The molecule has 3 heteroatoms. The second-order valence-electron chi connectivity index (χ2n) is 20.3. The van der Waals surface area contributed by atoms with E-state index in [4.69, 9.17) is 4.42 Å². The molecule has 0 bridgehead atoms. The van der Waals surface area contributed by atoms with E-state index in [1.807, 2.05) is 0 Å². The van der Waals surface area contributed by atoms with Crippen molar-refractivity contribution >= 4 is 56.1 Å². The molecule has 1 unspecified atom stereocenters. The summed E-state index contributed by atoms with van der Waals surface area (Å²) in [6.07, 6.45) is 0. The van der Waals surface area contributed by atoms with Crippen LogP contribution in [0.15, 0.2) is 283 Å². The van der Waals surface area contributed by atoms with Gasteiger partial charge in [-0.3, -0.25) is 0 Å². The SMILES string of the molecule is c1ccc(-c2ccc(N(c3ccc4c(c3)C3(c5ccccc5-c5ccccc5-4)c4ccccc4-c4cc5oc6ccccc6c5cc43)c3cccc4c3N(c3ccccc3)c3ccccc3-c3ccccc3-4)cc2)cc1. The Morgan fingerprint density at radius 2 is 0.816 bits per heavy atom. The first-order valence-corrected chi connectivity index (χ1v) is 26.2. The van der Waals surface area contributed by atoms with Gasteiger partial charge in [0.15, 0.2) is 0 Å². The number of hydrogen-bond donors (Lipinski definition) is 0. The van der Waals surface area contributed by atoms with Crippen LogP contribution >= 0.6 is 0 Å². The Morgan fingerprint density at radius 1 is 0.303 bits per heavy atom. The maximum atomic E-state index is 6.70.